The van der Waals surface area contributed by atoms with Gasteiger partial charge in [0.05, 0.1) is 0 Å². The Balaban J connectivity index is 0.00000121. The first kappa shape index (κ1) is 12.2. The summed E-state index contributed by atoms with van der Waals surface area (Å²) in [6.45, 7) is 0.667. The monoisotopic (exact) mass is 269 g/mol. The molecule has 0 bridgehead atoms. The van der Waals surface area contributed by atoms with Gasteiger partial charge in [-0.25, -0.2) is 0 Å². The van der Waals surface area contributed by atoms with Crippen LogP contribution >= 0.6 is 39.9 Å². The van der Waals surface area contributed by atoms with Gasteiger partial charge in [-0.1, -0.05) is 33.6 Å². The lowest BCUT2D eigenvalue weighted by Crippen LogP contribution is -2.02. The van der Waals surface area contributed by atoms with Crippen molar-refractivity contribution >= 4 is 39.9 Å². The SMILES string of the molecule is Cl.NCCc1ccc(Cl)cc1Br. The van der Waals surface area contributed by atoms with E-state index in [0.717, 1.165) is 15.9 Å². The molecule has 1 rings (SSSR count). The Morgan fingerprint density at radius 3 is 2.58 bits per heavy atom. The van der Waals surface area contributed by atoms with Gasteiger partial charge in [0.15, 0.2) is 0 Å². The van der Waals surface area contributed by atoms with Gasteiger partial charge in [0.1, 0.15) is 0 Å². The van der Waals surface area contributed by atoms with Crippen molar-refractivity contribution in [2.24, 2.45) is 5.73 Å². The molecule has 4 heteroatoms. The third kappa shape index (κ3) is 3.31. The standard InChI is InChI=1S/C8H9BrClN.ClH/c9-8-5-7(10)2-1-6(8)3-4-11;/h1-2,5H,3-4,11H2;1H. The van der Waals surface area contributed by atoms with E-state index in [4.69, 9.17) is 17.3 Å². The minimum atomic E-state index is 0. The predicted octanol–water partition coefficient (Wildman–Crippen LogP) is 3.03. The second-order valence-corrected chi connectivity index (χ2v) is 3.57. The third-order valence-electron chi connectivity index (χ3n) is 1.43. The van der Waals surface area contributed by atoms with Crippen molar-refractivity contribution in [1.82, 2.24) is 0 Å². The van der Waals surface area contributed by atoms with Crippen LogP contribution < -0.4 is 5.73 Å². The van der Waals surface area contributed by atoms with E-state index in [1.807, 2.05) is 18.2 Å². The van der Waals surface area contributed by atoms with E-state index in [1.54, 1.807) is 0 Å². The molecule has 2 N–H and O–H groups in total. The van der Waals surface area contributed by atoms with Crippen LogP contribution in [0.25, 0.3) is 0 Å². The molecule has 0 radical (unpaired) electrons. The number of rotatable bonds is 2. The number of halogens is 3. The topological polar surface area (TPSA) is 26.0 Å². The maximum Gasteiger partial charge on any atom is 0.0417 e. The molecule has 0 amide bonds. The highest BCUT2D eigenvalue weighted by atomic mass is 79.9. The van der Waals surface area contributed by atoms with Crippen LogP contribution in [0.3, 0.4) is 0 Å². The molecule has 1 aromatic rings. The summed E-state index contributed by atoms with van der Waals surface area (Å²) in [6.07, 6.45) is 0.887. The lowest BCUT2D eigenvalue weighted by Gasteiger charge is -2.01. The zero-order valence-electron chi connectivity index (χ0n) is 6.39. The van der Waals surface area contributed by atoms with Gasteiger partial charge < -0.3 is 5.73 Å². The fourth-order valence-corrected chi connectivity index (χ4v) is 1.76. The smallest absolute Gasteiger partial charge is 0.0417 e. The van der Waals surface area contributed by atoms with Gasteiger partial charge in [0, 0.05) is 9.50 Å². The zero-order chi connectivity index (χ0) is 8.27. The van der Waals surface area contributed by atoms with Crippen molar-refractivity contribution in [2.75, 3.05) is 6.54 Å². The van der Waals surface area contributed by atoms with E-state index in [2.05, 4.69) is 15.9 Å². The summed E-state index contributed by atoms with van der Waals surface area (Å²) in [6, 6.07) is 5.74. The summed E-state index contributed by atoms with van der Waals surface area (Å²) >= 11 is 9.16. The van der Waals surface area contributed by atoms with Gasteiger partial charge in [-0.2, -0.15) is 0 Å². The first-order valence-electron chi connectivity index (χ1n) is 3.38. The molecule has 0 spiro atoms. The van der Waals surface area contributed by atoms with Gasteiger partial charge in [-0.3, -0.25) is 0 Å². The maximum atomic E-state index is 5.76. The van der Waals surface area contributed by atoms with Crippen LogP contribution in [0.2, 0.25) is 5.02 Å². The van der Waals surface area contributed by atoms with Crippen molar-refractivity contribution < 1.29 is 0 Å². The van der Waals surface area contributed by atoms with Crippen molar-refractivity contribution in [3.8, 4) is 0 Å². The van der Waals surface area contributed by atoms with E-state index in [-0.39, 0.29) is 12.4 Å². The molecule has 0 aliphatic rings. The maximum absolute atomic E-state index is 5.76. The molecule has 0 fully saturated rings. The number of hydrogen-bond acceptors (Lipinski definition) is 1. The molecule has 0 saturated heterocycles. The first-order chi connectivity index (χ1) is 5.24. The molecule has 0 aromatic heterocycles. The first-order valence-corrected chi connectivity index (χ1v) is 4.55. The summed E-state index contributed by atoms with van der Waals surface area (Å²) in [5.74, 6) is 0. The minimum absolute atomic E-state index is 0. The highest BCUT2D eigenvalue weighted by Gasteiger charge is 1.98. The molecule has 1 aromatic carbocycles. The Morgan fingerprint density at radius 1 is 1.42 bits per heavy atom. The largest absolute Gasteiger partial charge is 0.330 e. The van der Waals surface area contributed by atoms with Crippen LogP contribution in [-0.2, 0) is 6.42 Å². The fraction of sp³-hybridized carbons (Fsp3) is 0.250. The van der Waals surface area contributed by atoms with Gasteiger partial charge in [-0.05, 0) is 30.7 Å². The van der Waals surface area contributed by atoms with Crippen molar-refractivity contribution in [1.29, 1.82) is 0 Å². The Bertz CT molecular complexity index is 253. The van der Waals surface area contributed by atoms with Crippen LogP contribution in [0, 0.1) is 0 Å². The number of nitrogens with two attached hydrogens (primary N) is 1. The second-order valence-electron chi connectivity index (χ2n) is 2.27. The van der Waals surface area contributed by atoms with Crippen LogP contribution in [0.4, 0.5) is 0 Å². The van der Waals surface area contributed by atoms with Crippen LogP contribution in [0.1, 0.15) is 5.56 Å². The average molecular weight is 271 g/mol. The molecular weight excluding hydrogens is 261 g/mol. The van der Waals surface area contributed by atoms with Crippen molar-refractivity contribution in [3.63, 3.8) is 0 Å². The summed E-state index contributed by atoms with van der Waals surface area (Å²) < 4.78 is 1.04. The van der Waals surface area contributed by atoms with E-state index >= 15 is 0 Å². The van der Waals surface area contributed by atoms with E-state index < -0.39 is 0 Å². The Hall–Kier alpha value is 0.240. The molecular formula is C8H10BrCl2N. The summed E-state index contributed by atoms with van der Waals surface area (Å²) in [5, 5.41) is 0.748. The van der Waals surface area contributed by atoms with Gasteiger partial charge in [0.2, 0.25) is 0 Å². The van der Waals surface area contributed by atoms with Crippen molar-refractivity contribution in [3.05, 3.63) is 33.3 Å². The summed E-state index contributed by atoms with van der Waals surface area (Å²) in [7, 11) is 0. The van der Waals surface area contributed by atoms with Crippen LogP contribution in [-0.4, -0.2) is 6.54 Å². The van der Waals surface area contributed by atoms with Crippen molar-refractivity contribution in [2.45, 2.75) is 6.42 Å². The molecule has 0 unspecified atom stereocenters. The highest BCUT2D eigenvalue weighted by molar-refractivity contribution is 9.10. The second kappa shape index (κ2) is 5.81. The van der Waals surface area contributed by atoms with E-state index in [0.29, 0.717) is 6.54 Å². The van der Waals surface area contributed by atoms with Gasteiger partial charge in [0.25, 0.3) is 0 Å². The molecule has 0 heterocycles. The van der Waals surface area contributed by atoms with Crippen LogP contribution in [0.5, 0.6) is 0 Å². The Morgan fingerprint density at radius 2 is 2.08 bits per heavy atom. The Labute approximate surface area is 91.8 Å². The molecule has 0 atom stereocenters. The Kier molecular flexibility index (Phi) is 5.93. The quantitative estimate of drug-likeness (QED) is 0.879. The zero-order valence-corrected chi connectivity index (χ0v) is 9.55. The molecule has 68 valence electrons. The lowest BCUT2D eigenvalue weighted by molar-refractivity contribution is 0.963. The fourth-order valence-electron chi connectivity index (χ4n) is 0.880. The number of benzene rings is 1. The van der Waals surface area contributed by atoms with Crippen LogP contribution in [0.15, 0.2) is 22.7 Å². The molecule has 0 aliphatic heterocycles. The lowest BCUT2D eigenvalue weighted by atomic mass is 10.2. The normalized spacial score (nSPS) is 9.25. The predicted molar refractivity (Wildman–Crippen MR) is 59.2 cm³/mol. The van der Waals surface area contributed by atoms with E-state index in [9.17, 15) is 0 Å². The molecule has 12 heavy (non-hydrogen) atoms. The van der Waals surface area contributed by atoms with Gasteiger partial charge in [-0.15, -0.1) is 12.4 Å². The van der Waals surface area contributed by atoms with Gasteiger partial charge >= 0.3 is 0 Å². The van der Waals surface area contributed by atoms with E-state index in [1.165, 1.54) is 5.56 Å². The molecule has 0 saturated carbocycles. The molecule has 1 nitrogen and oxygen atoms in total. The molecule has 0 aliphatic carbocycles. The average Bonchev–Trinajstić information content (AvgIpc) is 1.95. The third-order valence-corrected chi connectivity index (χ3v) is 2.40. The summed E-state index contributed by atoms with van der Waals surface area (Å²) in [4.78, 5) is 0. The summed E-state index contributed by atoms with van der Waals surface area (Å²) in [5.41, 5.74) is 6.62. The minimum Gasteiger partial charge on any atom is -0.330 e. The highest BCUT2D eigenvalue weighted by Crippen LogP contribution is 2.21. The number of hydrogen-bond donors (Lipinski definition) is 1.